The number of hydrogen-bond acceptors (Lipinski definition) is 6. The highest BCUT2D eigenvalue weighted by molar-refractivity contribution is 5.80. The number of hydrogen-bond donors (Lipinski definition) is 1. The maximum Gasteiger partial charge on any atom is 0.216 e. The van der Waals surface area contributed by atoms with Crippen molar-refractivity contribution in [1.82, 2.24) is 20.1 Å². The Bertz CT molecular complexity index is 895. The molecule has 3 rings (SSSR count). The molecule has 0 aliphatic carbocycles. The molecule has 1 aliphatic heterocycles. The maximum atomic E-state index is 5.89. The minimum Gasteiger partial charge on any atom is -0.497 e. The van der Waals surface area contributed by atoms with Gasteiger partial charge in [0.15, 0.2) is 5.96 Å². The average Bonchev–Trinajstić information content (AvgIpc) is 3.27. The number of nitrogens with zero attached hydrogens (tertiary/aromatic N) is 4. The molecule has 1 aromatic heterocycles. The summed E-state index contributed by atoms with van der Waals surface area (Å²) in [6, 6.07) is 5.95. The van der Waals surface area contributed by atoms with Gasteiger partial charge < -0.3 is 24.1 Å². The van der Waals surface area contributed by atoms with Crippen LogP contribution in [0.3, 0.4) is 0 Å². The van der Waals surface area contributed by atoms with Crippen LogP contribution in [0, 0.1) is 0 Å². The van der Waals surface area contributed by atoms with Crippen molar-refractivity contribution in [2.24, 2.45) is 4.99 Å². The van der Waals surface area contributed by atoms with E-state index in [4.69, 9.17) is 18.9 Å². The number of nitrogens with one attached hydrogen (secondary N) is 1. The summed E-state index contributed by atoms with van der Waals surface area (Å²) >= 11 is 0. The van der Waals surface area contributed by atoms with E-state index in [0.717, 1.165) is 68.1 Å². The molecule has 1 aromatic carbocycles. The minimum absolute atomic E-state index is 0.0543. The van der Waals surface area contributed by atoms with E-state index in [2.05, 4.69) is 53.9 Å². The van der Waals surface area contributed by atoms with Crippen molar-refractivity contribution in [3.05, 3.63) is 41.6 Å². The van der Waals surface area contributed by atoms with Crippen LogP contribution in [0.5, 0.6) is 11.5 Å². The third-order valence-corrected chi connectivity index (χ3v) is 5.55. The van der Waals surface area contributed by atoms with Crippen molar-refractivity contribution in [3.63, 3.8) is 0 Å². The first kappa shape index (κ1) is 23.9. The lowest BCUT2D eigenvalue weighted by atomic mass is 9.94. The molecule has 1 fully saturated rings. The molecule has 8 heteroatoms. The van der Waals surface area contributed by atoms with E-state index in [9.17, 15) is 0 Å². The molecule has 0 radical (unpaired) electrons. The van der Waals surface area contributed by atoms with E-state index in [0.29, 0.717) is 12.4 Å². The second kappa shape index (κ2) is 10.7. The van der Waals surface area contributed by atoms with Crippen LogP contribution in [0.15, 0.2) is 33.8 Å². The molecule has 0 unspecified atom stereocenters. The Hall–Kier alpha value is -2.74. The van der Waals surface area contributed by atoms with Crippen LogP contribution in [0.4, 0.5) is 0 Å². The maximum absolute atomic E-state index is 5.89. The molecule has 32 heavy (non-hydrogen) atoms. The Balaban J connectivity index is 1.60. The van der Waals surface area contributed by atoms with E-state index in [1.165, 1.54) is 0 Å². The van der Waals surface area contributed by atoms with Gasteiger partial charge in [-0.3, -0.25) is 4.90 Å². The van der Waals surface area contributed by atoms with Gasteiger partial charge in [-0.15, -0.1) is 0 Å². The summed E-state index contributed by atoms with van der Waals surface area (Å²) < 4.78 is 16.8. The summed E-state index contributed by atoms with van der Waals surface area (Å²) in [4.78, 5) is 13.9. The summed E-state index contributed by atoms with van der Waals surface area (Å²) in [7, 11) is 3.40. The van der Waals surface area contributed by atoms with Gasteiger partial charge in [0.05, 0.1) is 20.4 Å². The van der Waals surface area contributed by atoms with E-state index < -0.39 is 0 Å². The Labute approximate surface area is 191 Å². The molecule has 0 bridgehead atoms. The van der Waals surface area contributed by atoms with Gasteiger partial charge in [-0.25, -0.2) is 9.98 Å². The average molecular weight is 444 g/mol. The van der Waals surface area contributed by atoms with Crippen molar-refractivity contribution in [1.29, 1.82) is 0 Å². The van der Waals surface area contributed by atoms with Crippen LogP contribution in [-0.4, -0.2) is 67.7 Å². The Morgan fingerprint density at radius 1 is 1.16 bits per heavy atom. The lowest BCUT2D eigenvalue weighted by Gasteiger charge is -2.36. The zero-order valence-electron chi connectivity index (χ0n) is 20.3. The summed E-state index contributed by atoms with van der Waals surface area (Å²) in [5, 5.41) is 3.41. The number of ether oxygens (including phenoxy) is 2. The van der Waals surface area contributed by atoms with Crippen molar-refractivity contribution in [2.75, 3.05) is 46.9 Å². The number of rotatable bonds is 7. The summed E-state index contributed by atoms with van der Waals surface area (Å²) in [5.74, 6) is 4.18. The molecule has 2 aromatic rings. The van der Waals surface area contributed by atoms with Gasteiger partial charge in [-0.2, -0.15) is 0 Å². The second-order valence-corrected chi connectivity index (χ2v) is 8.98. The first-order valence-electron chi connectivity index (χ1n) is 11.3. The summed E-state index contributed by atoms with van der Waals surface area (Å²) in [6.45, 7) is 14.2. The fourth-order valence-electron chi connectivity index (χ4n) is 3.66. The quantitative estimate of drug-likeness (QED) is 0.520. The number of aliphatic imine (C=N–C) groups is 1. The molecule has 176 valence electrons. The highest BCUT2D eigenvalue weighted by Gasteiger charge is 2.22. The molecule has 8 nitrogen and oxygen atoms in total. The van der Waals surface area contributed by atoms with Gasteiger partial charge in [0, 0.05) is 50.2 Å². The Morgan fingerprint density at radius 2 is 1.91 bits per heavy atom. The smallest absolute Gasteiger partial charge is 0.216 e. The van der Waals surface area contributed by atoms with Gasteiger partial charge in [0.1, 0.15) is 23.8 Å². The van der Waals surface area contributed by atoms with Crippen LogP contribution in [0.2, 0.25) is 0 Å². The number of aromatic nitrogens is 1. The van der Waals surface area contributed by atoms with Crippen molar-refractivity contribution >= 4 is 5.96 Å². The third kappa shape index (κ3) is 6.16. The van der Waals surface area contributed by atoms with E-state index >= 15 is 0 Å². The van der Waals surface area contributed by atoms with Crippen molar-refractivity contribution in [3.8, 4) is 11.5 Å². The molecular weight excluding hydrogens is 406 g/mol. The van der Waals surface area contributed by atoms with Gasteiger partial charge in [0.2, 0.25) is 5.89 Å². The zero-order valence-corrected chi connectivity index (χ0v) is 20.3. The molecule has 0 amide bonds. The van der Waals surface area contributed by atoms with Crippen LogP contribution < -0.4 is 14.8 Å². The van der Waals surface area contributed by atoms with Crippen LogP contribution >= 0.6 is 0 Å². The standard InChI is InChI=1S/C24H37N5O3/c1-7-25-23(27-16-22-26-15-21(32-22)24(2,3)4)29-12-10-28(11-13-29)17-18-14-19(30-5)8-9-20(18)31-6/h8-9,14-15H,7,10-13,16-17H2,1-6H3,(H,25,27). The minimum atomic E-state index is -0.0543. The monoisotopic (exact) mass is 443 g/mol. The SMILES string of the molecule is CCNC(=NCc1ncc(C(C)(C)C)o1)N1CCN(Cc2cc(OC)ccc2OC)CC1. The van der Waals surface area contributed by atoms with Crippen molar-refractivity contribution < 1.29 is 13.9 Å². The number of oxazole rings is 1. The summed E-state index contributed by atoms with van der Waals surface area (Å²) in [5.41, 5.74) is 1.08. The van der Waals surface area contributed by atoms with Crippen molar-refractivity contribution in [2.45, 2.75) is 46.2 Å². The first-order chi connectivity index (χ1) is 15.3. The molecule has 1 saturated heterocycles. The fourth-order valence-corrected chi connectivity index (χ4v) is 3.66. The molecular formula is C24H37N5O3. The predicted molar refractivity (Wildman–Crippen MR) is 126 cm³/mol. The topological polar surface area (TPSA) is 75.4 Å². The number of guanidine groups is 1. The van der Waals surface area contributed by atoms with Gasteiger partial charge in [-0.1, -0.05) is 20.8 Å². The van der Waals surface area contributed by atoms with E-state index in [1.807, 2.05) is 18.3 Å². The Morgan fingerprint density at radius 3 is 2.50 bits per heavy atom. The first-order valence-corrected chi connectivity index (χ1v) is 11.3. The van der Waals surface area contributed by atoms with Crippen LogP contribution in [0.25, 0.3) is 0 Å². The molecule has 0 spiro atoms. The fraction of sp³-hybridized carbons (Fsp3) is 0.583. The van der Waals surface area contributed by atoms with E-state index in [1.54, 1.807) is 14.2 Å². The number of methoxy groups -OCH3 is 2. The largest absolute Gasteiger partial charge is 0.497 e. The number of piperazine rings is 1. The molecule has 0 saturated carbocycles. The van der Waals surface area contributed by atoms with Crippen LogP contribution in [0.1, 0.15) is 44.9 Å². The van der Waals surface area contributed by atoms with Crippen LogP contribution in [-0.2, 0) is 18.5 Å². The molecule has 1 N–H and O–H groups in total. The molecule has 1 aliphatic rings. The van der Waals surface area contributed by atoms with Gasteiger partial charge in [-0.05, 0) is 25.1 Å². The highest BCUT2D eigenvalue weighted by Crippen LogP contribution is 2.26. The van der Waals surface area contributed by atoms with E-state index in [-0.39, 0.29) is 5.41 Å². The predicted octanol–water partition coefficient (Wildman–Crippen LogP) is 3.27. The number of benzene rings is 1. The second-order valence-electron chi connectivity index (χ2n) is 8.98. The zero-order chi connectivity index (χ0) is 23.1. The lowest BCUT2D eigenvalue weighted by molar-refractivity contribution is 0.171. The van der Waals surface area contributed by atoms with Gasteiger partial charge >= 0.3 is 0 Å². The third-order valence-electron chi connectivity index (χ3n) is 5.55. The molecule has 2 heterocycles. The lowest BCUT2D eigenvalue weighted by Crippen LogP contribution is -2.52. The summed E-state index contributed by atoms with van der Waals surface area (Å²) in [6.07, 6.45) is 1.81. The highest BCUT2D eigenvalue weighted by atomic mass is 16.5. The Kier molecular flexibility index (Phi) is 8.01. The van der Waals surface area contributed by atoms with Gasteiger partial charge in [0.25, 0.3) is 0 Å². The normalized spacial score (nSPS) is 15.7. The molecule has 0 atom stereocenters.